The third-order valence-electron chi connectivity index (χ3n) is 8.34. The second kappa shape index (κ2) is 15.5. The third-order valence-corrected chi connectivity index (χ3v) is 8.34. The number of hydrogen-bond acceptors (Lipinski definition) is 10. The van der Waals surface area contributed by atoms with Crippen LogP contribution in [0.4, 0.5) is 13.2 Å². The lowest BCUT2D eigenvalue weighted by atomic mass is 10.1. The van der Waals surface area contributed by atoms with E-state index in [4.69, 9.17) is 9.84 Å². The molecule has 3 aromatic rings. The maximum absolute atomic E-state index is 13.8. The topological polar surface area (TPSA) is 213 Å². The third kappa shape index (κ3) is 7.43. The molecule has 274 valence electrons. The molecular weight excluding hydrogens is 685 g/mol. The summed E-state index contributed by atoms with van der Waals surface area (Å²) in [6, 6.07) is 0.115. The number of aromatic hydroxyl groups is 2. The van der Waals surface area contributed by atoms with Crippen molar-refractivity contribution in [3.8, 4) is 11.5 Å². The molecule has 5 rings (SSSR count). The minimum Gasteiger partial charge on any atom is -0.503 e. The van der Waals surface area contributed by atoms with Crippen LogP contribution >= 0.6 is 0 Å². The number of aliphatic hydroxyl groups excluding tert-OH is 1. The van der Waals surface area contributed by atoms with Gasteiger partial charge in [-0.25, -0.2) is 13.2 Å². The van der Waals surface area contributed by atoms with Crippen LogP contribution in [0, 0.1) is 17.5 Å². The van der Waals surface area contributed by atoms with Crippen LogP contribution < -0.4 is 21.5 Å². The van der Waals surface area contributed by atoms with Crippen molar-refractivity contribution in [1.82, 2.24) is 29.6 Å². The summed E-state index contributed by atoms with van der Waals surface area (Å²) in [5.41, 5.74) is -3.80. The van der Waals surface area contributed by atoms with E-state index in [1.807, 2.05) is 0 Å². The van der Waals surface area contributed by atoms with E-state index in [1.54, 1.807) is 7.05 Å². The Morgan fingerprint density at radius 2 is 1.31 bits per heavy atom. The molecule has 1 aromatic carbocycles. The number of halogens is 3. The zero-order chi connectivity index (χ0) is 37.9. The summed E-state index contributed by atoms with van der Waals surface area (Å²) in [6.45, 7) is -0.132. The Balaban J connectivity index is 0.000000244. The van der Waals surface area contributed by atoms with Gasteiger partial charge in [-0.2, -0.15) is 0 Å². The van der Waals surface area contributed by atoms with Gasteiger partial charge in [0, 0.05) is 84.6 Å². The van der Waals surface area contributed by atoms with Gasteiger partial charge in [0.2, 0.25) is 10.9 Å². The van der Waals surface area contributed by atoms with Crippen LogP contribution in [0.25, 0.3) is 0 Å². The highest BCUT2D eigenvalue weighted by molar-refractivity contribution is 6.00. The number of ether oxygens (including phenoxy) is 1. The standard InChI is InChI=1S/C19H18F3N3O5.C13H17N3O5/c1-24-6-10(8-30-2)25-7-12(16(26)17(27)15(25)19(24)29)18(28)23-5-11-13(21)3-9(20)4-14(11)22;1-14-12(20)8-6-16-7(3-4-17)5-15(2)13(21)9(16)11(19)10(8)18/h3-4,7,10,27H,5-6,8H2,1-2H3,(H,23,28);6-7,17,19H,3-5H2,1-2H3,(H,14,20)/t10-;7-/m01/s1. The first-order valence-electron chi connectivity index (χ1n) is 15.3. The molecule has 2 aromatic heterocycles. The van der Waals surface area contributed by atoms with Crippen molar-refractivity contribution in [3.05, 3.63) is 90.5 Å². The van der Waals surface area contributed by atoms with Crippen molar-refractivity contribution >= 4 is 23.6 Å². The molecule has 4 heterocycles. The lowest BCUT2D eigenvalue weighted by Gasteiger charge is -2.34. The molecule has 0 saturated heterocycles. The Morgan fingerprint density at radius 1 is 0.843 bits per heavy atom. The molecular formula is C32H35F3N6O10. The number of carbonyl (C=O) groups excluding carboxylic acids is 4. The SMILES string of the molecule is CNC(=O)c1cn2c(c(O)c1=O)C(=O)N(C)C[C@H]2CCO.COC[C@@H]1CN(C)C(=O)c2c(O)c(=O)c(C(=O)NCc3c(F)cc(F)cc3F)cn21. The largest absolute Gasteiger partial charge is 0.503 e. The molecule has 0 bridgehead atoms. The molecule has 4 amide bonds. The van der Waals surface area contributed by atoms with Gasteiger partial charge in [0.1, 0.15) is 28.6 Å². The first-order valence-corrected chi connectivity index (χ1v) is 15.3. The maximum Gasteiger partial charge on any atom is 0.274 e. The highest BCUT2D eigenvalue weighted by atomic mass is 19.1. The molecule has 19 heteroatoms. The summed E-state index contributed by atoms with van der Waals surface area (Å²) in [5.74, 6) is -7.96. The van der Waals surface area contributed by atoms with E-state index < -0.39 is 87.2 Å². The van der Waals surface area contributed by atoms with Crippen molar-refractivity contribution in [2.24, 2.45) is 0 Å². The number of rotatable bonds is 8. The molecule has 0 fully saturated rings. The average molecular weight is 721 g/mol. The number of nitrogens with zero attached hydrogens (tertiary/aromatic N) is 4. The van der Waals surface area contributed by atoms with E-state index in [0.29, 0.717) is 25.1 Å². The molecule has 0 saturated carbocycles. The van der Waals surface area contributed by atoms with Crippen molar-refractivity contribution in [2.45, 2.75) is 25.0 Å². The van der Waals surface area contributed by atoms with Crippen LogP contribution in [-0.4, -0.2) is 112 Å². The van der Waals surface area contributed by atoms with Crippen LogP contribution in [0.3, 0.4) is 0 Å². The number of aliphatic hydroxyl groups is 1. The second-order valence-corrected chi connectivity index (χ2v) is 11.7. The number of methoxy groups -OCH3 is 1. The number of amides is 4. The van der Waals surface area contributed by atoms with Gasteiger partial charge in [0.05, 0.1) is 18.7 Å². The van der Waals surface area contributed by atoms with Gasteiger partial charge in [-0.3, -0.25) is 28.8 Å². The molecule has 0 spiro atoms. The molecule has 0 radical (unpaired) electrons. The summed E-state index contributed by atoms with van der Waals surface area (Å²) in [5, 5.41) is 33.9. The number of pyridine rings is 2. The predicted octanol–water partition coefficient (Wildman–Crippen LogP) is 0.0969. The Bertz CT molecular complexity index is 1990. The molecule has 0 unspecified atom stereocenters. The first kappa shape index (κ1) is 38.1. The number of nitrogens with one attached hydrogen (secondary N) is 2. The number of hydrogen-bond donors (Lipinski definition) is 5. The van der Waals surface area contributed by atoms with E-state index >= 15 is 0 Å². The highest BCUT2D eigenvalue weighted by Gasteiger charge is 2.35. The number of likely N-dealkylation sites (N-methyl/N-ethyl adjacent to an activating group) is 2. The van der Waals surface area contributed by atoms with E-state index in [-0.39, 0.29) is 42.8 Å². The van der Waals surface area contributed by atoms with Crippen LogP contribution in [0.5, 0.6) is 11.5 Å². The quantitative estimate of drug-likeness (QED) is 0.212. The Labute approximate surface area is 287 Å². The van der Waals surface area contributed by atoms with Crippen LogP contribution in [0.1, 0.15) is 65.8 Å². The normalized spacial score (nSPS) is 16.5. The lowest BCUT2D eigenvalue weighted by Crippen LogP contribution is -2.44. The van der Waals surface area contributed by atoms with Crippen molar-refractivity contribution in [1.29, 1.82) is 0 Å². The van der Waals surface area contributed by atoms with E-state index in [2.05, 4.69) is 10.6 Å². The van der Waals surface area contributed by atoms with Gasteiger partial charge in [0.25, 0.3) is 23.6 Å². The van der Waals surface area contributed by atoms with E-state index in [9.17, 15) is 52.2 Å². The summed E-state index contributed by atoms with van der Waals surface area (Å²) >= 11 is 0. The number of aromatic nitrogens is 2. The Morgan fingerprint density at radius 3 is 1.78 bits per heavy atom. The van der Waals surface area contributed by atoms with Crippen LogP contribution in [0.2, 0.25) is 0 Å². The molecule has 16 nitrogen and oxygen atoms in total. The van der Waals surface area contributed by atoms with Crippen molar-refractivity contribution in [2.75, 3.05) is 54.6 Å². The predicted molar refractivity (Wildman–Crippen MR) is 171 cm³/mol. The van der Waals surface area contributed by atoms with Gasteiger partial charge in [-0.05, 0) is 6.42 Å². The monoisotopic (exact) mass is 720 g/mol. The minimum absolute atomic E-state index is 0.117. The summed E-state index contributed by atoms with van der Waals surface area (Å²) in [4.78, 5) is 75.9. The second-order valence-electron chi connectivity index (χ2n) is 11.7. The summed E-state index contributed by atoms with van der Waals surface area (Å²) in [6.07, 6.45) is 2.69. The molecule has 2 atom stereocenters. The van der Waals surface area contributed by atoms with Crippen molar-refractivity contribution in [3.63, 3.8) is 0 Å². The lowest BCUT2D eigenvalue weighted by molar-refractivity contribution is 0.0630. The van der Waals surface area contributed by atoms with Gasteiger partial charge in [-0.1, -0.05) is 0 Å². The molecule has 5 N–H and O–H groups in total. The van der Waals surface area contributed by atoms with Gasteiger partial charge in [0.15, 0.2) is 22.9 Å². The maximum atomic E-state index is 13.8. The highest BCUT2D eigenvalue weighted by Crippen LogP contribution is 2.28. The van der Waals surface area contributed by atoms with Gasteiger partial charge < -0.3 is 49.6 Å². The minimum atomic E-state index is -1.20. The van der Waals surface area contributed by atoms with Gasteiger partial charge in [-0.15, -0.1) is 0 Å². The summed E-state index contributed by atoms with van der Waals surface area (Å²) in [7, 11) is 5.84. The Hall–Kier alpha value is -5.69. The fourth-order valence-corrected chi connectivity index (χ4v) is 5.74. The zero-order valence-electron chi connectivity index (χ0n) is 27.8. The number of benzene rings is 1. The van der Waals surface area contributed by atoms with Gasteiger partial charge >= 0.3 is 0 Å². The molecule has 2 aliphatic rings. The Kier molecular flexibility index (Phi) is 11.6. The molecule has 0 aliphatic carbocycles. The van der Waals surface area contributed by atoms with E-state index in [0.717, 1.165) is 6.20 Å². The van der Waals surface area contributed by atoms with Crippen molar-refractivity contribution < 1.29 is 52.4 Å². The average Bonchev–Trinajstić information content (AvgIpc) is 3.07. The fraction of sp³-hybridized carbons (Fsp3) is 0.375. The number of fused-ring (bicyclic) bond motifs is 2. The molecule has 51 heavy (non-hydrogen) atoms. The first-order chi connectivity index (χ1) is 24.1. The van der Waals surface area contributed by atoms with E-state index in [1.165, 1.54) is 46.3 Å². The fourth-order valence-electron chi connectivity index (χ4n) is 5.74. The number of carbonyl (C=O) groups is 4. The summed E-state index contributed by atoms with van der Waals surface area (Å²) < 4.78 is 48.3. The smallest absolute Gasteiger partial charge is 0.274 e. The van der Waals surface area contributed by atoms with Crippen LogP contribution in [-0.2, 0) is 11.3 Å². The van der Waals surface area contributed by atoms with Crippen LogP contribution in [0.15, 0.2) is 34.1 Å². The zero-order valence-corrected chi connectivity index (χ0v) is 27.8. The molecule has 2 aliphatic heterocycles.